The van der Waals surface area contributed by atoms with Gasteiger partial charge in [-0.2, -0.15) is 0 Å². The molecule has 1 saturated carbocycles. The van der Waals surface area contributed by atoms with Gasteiger partial charge in [0.25, 0.3) is 0 Å². The van der Waals surface area contributed by atoms with E-state index in [9.17, 15) is 0 Å². The molecule has 0 saturated heterocycles. The Hall–Kier alpha value is -1.34. The molecule has 0 bridgehead atoms. The first-order chi connectivity index (χ1) is 7.88. The normalized spacial score (nSPS) is 13.9. The minimum atomic E-state index is 0.957. The standard InChI is InChI=1S/C15H19N/c1-2-11-16(12-10-14-8-9-14)13-15-6-4-3-5-7-15/h2-7,10H,1,8-9,11-13H2. The van der Waals surface area contributed by atoms with Crippen molar-refractivity contribution < 1.29 is 0 Å². The summed E-state index contributed by atoms with van der Waals surface area (Å²) in [7, 11) is 0. The summed E-state index contributed by atoms with van der Waals surface area (Å²) in [4.78, 5) is 2.41. The van der Waals surface area contributed by atoms with Crippen LogP contribution < -0.4 is 0 Å². The van der Waals surface area contributed by atoms with Crippen LogP contribution in [0.15, 0.2) is 54.6 Å². The molecular formula is C15H19N. The van der Waals surface area contributed by atoms with Crippen LogP contribution in [0.25, 0.3) is 0 Å². The first-order valence-electron chi connectivity index (χ1n) is 5.93. The fourth-order valence-corrected chi connectivity index (χ4v) is 1.76. The Labute approximate surface area is 98.1 Å². The molecule has 1 heteroatoms. The van der Waals surface area contributed by atoms with Gasteiger partial charge in [0.05, 0.1) is 0 Å². The summed E-state index contributed by atoms with van der Waals surface area (Å²) in [5.41, 5.74) is 2.99. The molecule has 1 fully saturated rings. The number of nitrogens with zero attached hydrogens (tertiary/aromatic N) is 1. The maximum absolute atomic E-state index is 3.82. The molecule has 0 aliphatic heterocycles. The van der Waals surface area contributed by atoms with Crippen LogP contribution >= 0.6 is 0 Å². The Morgan fingerprint density at radius 3 is 2.50 bits per heavy atom. The van der Waals surface area contributed by atoms with Crippen LogP contribution in [0.1, 0.15) is 18.4 Å². The predicted octanol–water partition coefficient (Wildman–Crippen LogP) is 3.39. The molecule has 1 aliphatic rings. The van der Waals surface area contributed by atoms with Gasteiger partial charge in [0.15, 0.2) is 0 Å². The summed E-state index contributed by atoms with van der Waals surface area (Å²) in [6, 6.07) is 10.6. The van der Waals surface area contributed by atoms with Crippen molar-refractivity contribution in [2.75, 3.05) is 13.1 Å². The Bertz CT molecular complexity index is 358. The Morgan fingerprint density at radius 1 is 1.12 bits per heavy atom. The molecule has 0 spiro atoms. The lowest BCUT2D eigenvalue weighted by atomic mass is 10.2. The average Bonchev–Trinajstić information content (AvgIpc) is 3.11. The van der Waals surface area contributed by atoms with Crippen molar-refractivity contribution in [3.05, 3.63) is 60.2 Å². The number of allylic oxidation sites excluding steroid dienone is 1. The lowest BCUT2D eigenvalue weighted by molar-refractivity contribution is 0.327. The van der Waals surface area contributed by atoms with Crippen molar-refractivity contribution in [1.29, 1.82) is 0 Å². The number of hydrogen-bond donors (Lipinski definition) is 0. The summed E-state index contributed by atoms with van der Waals surface area (Å²) < 4.78 is 0. The lowest BCUT2D eigenvalue weighted by Crippen LogP contribution is -2.23. The molecule has 0 unspecified atom stereocenters. The van der Waals surface area contributed by atoms with Gasteiger partial charge in [-0.3, -0.25) is 4.90 Å². The van der Waals surface area contributed by atoms with Gasteiger partial charge in [-0.25, -0.2) is 0 Å². The van der Waals surface area contributed by atoms with E-state index in [4.69, 9.17) is 0 Å². The third-order valence-electron chi connectivity index (χ3n) is 2.81. The van der Waals surface area contributed by atoms with E-state index < -0.39 is 0 Å². The highest BCUT2D eigenvalue weighted by Gasteiger charge is 2.11. The van der Waals surface area contributed by atoms with Crippen LogP contribution in [0.2, 0.25) is 0 Å². The smallest absolute Gasteiger partial charge is 0.0240 e. The molecule has 2 rings (SSSR count). The molecule has 1 aromatic carbocycles. The number of hydrogen-bond acceptors (Lipinski definition) is 1. The topological polar surface area (TPSA) is 3.24 Å². The first-order valence-corrected chi connectivity index (χ1v) is 5.93. The quantitative estimate of drug-likeness (QED) is 0.655. The van der Waals surface area contributed by atoms with E-state index in [-0.39, 0.29) is 0 Å². The molecular weight excluding hydrogens is 194 g/mol. The molecule has 84 valence electrons. The highest BCUT2D eigenvalue weighted by molar-refractivity contribution is 5.18. The summed E-state index contributed by atoms with van der Waals surface area (Å²) in [6.45, 7) is 6.84. The Morgan fingerprint density at radius 2 is 1.88 bits per heavy atom. The summed E-state index contributed by atoms with van der Waals surface area (Å²) in [6.07, 6.45) is 6.97. The van der Waals surface area contributed by atoms with Crippen molar-refractivity contribution in [3.63, 3.8) is 0 Å². The number of rotatable bonds is 6. The van der Waals surface area contributed by atoms with E-state index >= 15 is 0 Å². The van der Waals surface area contributed by atoms with E-state index in [1.165, 1.54) is 18.4 Å². The van der Waals surface area contributed by atoms with Crippen LogP contribution in [0.4, 0.5) is 0 Å². The lowest BCUT2D eigenvalue weighted by Gasteiger charge is -2.18. The molecule has 0 atom stereocenters. The van der Waals surface area contributed by atoms with Gasteiger partial charge < -0.3 is 0 Å². The summed E-state index contributed by atoms with van der Waals surface area (Å²) >= 11 is 0. The van der Waals surface area contributed by atoms with Gasteiger partial charge in [0.1, 0.15) is 0 Å². The van der Waals surface area contributed by atoms with Crippen LogP contribution in [0, 0.1) is 0 Å². The third-order valence-corrected chi connectivity index (χ3v) is 2.81. The van der Waals surface area contributed by atoms with E-state index in [0.717, 1.165) is 19.6 Å². The predicted molar refractivity (Wildman–Crippen MR) is 69.2 cm³/mol. The largest absolute Gasteiger partial charge is 0.292 e. The van der Waals surface area contributed by atoms with Crippen molar-refractivity contribution in [1.82, 2.24) is 4.90 Å². The first kappa shape index (κ1) is 11.2. The van der Waals surface area contributed by atoms with Gasteiger partial charge in [-0.05, 0) is 18.4 Å². The molecule has 1 nitrogen and oxygen atoms in total. The average molecular weight is 213 g/mol. The van der Waals surface area contributed by atoms with Crippen molar-refractivity contribution >= 4 is 0 Å². The molecule has 16 heavy (non-hydrogen) atoms. The highest BCUT2D eigenvalue weighted by Crippen LogP contribution is 2.27. The second-order valence-corrected chi connectivity index (χ2v) is 4.33. The van der Waals surface area contributed by atoms with Crippen molar-refractivity contribution in [3.8, 4) is 0 Å². The molecule has 0 amide bonds. The molecule has 0 heterocycles. The fraction of sp³-hybridized carbons (Fsp3) is 0.333. The fourth-order valence-electron chi connectivity index (χ4n) is 1.76. The Balaban J connectivity index is 1.91. The van der Waals surface area contributed by atoms with Crippen LogP contribution in [-0.2, 0) is 6.54 Å². The molecule has 1 aliphatic carbocycles. The summed E-state index contributed by atoms with van der Waals surface area (Å²) in [5.74, 6) is 0. The third kappa shape index (κ3) is 3.67. The number of benzene rings is 1. The van der Waals surface area contributed by atoms with Crippen LogP contribution in [0.3, 0.4) is 0 Å². The van der Waals surface area contributed by atoms with Gasteiger partial charge in [0, 0.05) is 19.6 Å². The Kier molecular flexibility index (Phi) is 3.95. The zero-order valence-corrected chi connectivity index (χ0v) is 9.73. The molecule has 0 aromatic heterocycles. The monoisotopic (exact) mass is 213 g/mol. The van der Waals surface area contributed by atoms with E-state index in [0.29, 0.717) is 0 Å². The molecule has 0 radical (unpaired) electrons. The second-order valence-electron chi connectivity index (χ2n) is 4.33. The highest BCUT2D eigenvalue weighted by atomic mass is 15.1. The molecule has 0 N–H and O–H groups in total. The van der Waals surface area contributed by atoms with Crippen LogP contribution in [-0.4, -0.2) is 18.0 Å². The van der Waals surface area contributed by atoms with Gasteiger partial charge in [-0.1, -0.05) is 48.1 Å². The maximum Gasteiger partial charge on any atom is 0.0240 e. The zero-order chi connectivity index (χ0) is 11.2. The zero-order valence-electron chi connectivity index (χ0n) is 9.73. The van der Waals surface area contributed by atoms with Crippen molar-refractivity contribution in [2.45, 2.75) is 19.4 Å². The van der Waals surface area contributed by atoms with E-state index in [2.05, 4.69) is 47.9 Å². The van der Waals surface area contributed by atoms with E-state index in [1.807, 2.05) is 6.08 Å². The second kappa shape index (κ2) is 5.66. The maximum atomic E-state index is 3.82. The minimum absolute atomic E-state index is 0.957. The molecule has 1 aromatic rings. The van der Waals surface area contributed by atoms with E-state index in [1.54, 1.807) is 5.57 Å². The van der Waals surface area contributed by atoms with Gasteiger partial charge >= 0.3 is 0 Å². The summed E-state index contributed by atoms with van der Waals surface area (Å²) in [5, 5.41) is 0. The van der Waals surface area contributed by atoms with Gasteiger partial charge in [-0.15, -0.1) is 6.58 Å². The van der Waals surface area contributed by atoms with Gasteiger partial charge in [0.2, 0.25) is 0 Å². The SMILES string of the molecule is C=CCN(CC=C1CC1)Cc1ccccc1. The minimum Gasteiger partial charge on any atom is -0.292 e. The van der Waals surface area contributed by atoms with Crippen LogP contribution in [0.5, 0.6) is 0 Å². The van der Waals surface area contributed by atoms with Crippen molar-refractivity contribution in [2.24, 2.45) is 0 Å².